The number of nitrogens with zero attached hydrogens (tertiary/aromatic N) is 2. The van der Waals surface area contributed by atoms with E-state index in [1.807, 2.05) is 77.8 Å². The van der Waals surface area contributed by atoms with Gasteiger partial charge in [0.05, 0.1) is 45.9 Å². The average Bonchev–Trinajstić information content (AvgIpc) is 3.31. The summed E-state index contributed by atoms with van der Waals surface area (Å²) in [5, 5.41) is 7.57. The molecule has 0 amide bonds. The molecule has 0 fully saturated rings. The summed E-state index contributed by atoms with van der Waals surface area (Å²) in [5.41, 5.74) is 3.77. The van der Waals surface area contributed by atoms with E-state index in [9.17, 15) is 0 Å². The standard InChI is InChI=1S/C27H27ClN2O4/c1-31-22-11-9-18(26(16-22)33-3)8-10-20-15-25(24-13-12-23(32-2)17-27(24)34-4)30(29-20)21-7-5-6-19(28)14-21/h5-14,16-17,25H,15H2,1-4H3/b10-8-/t25-/m0/s1. The van der Waals surface area contributed by atoms with Crippen LogP contribution in [0.5, 0.6) is 23.0 Å². The smallest absolute Gasteiger partial charge is 0.129 e. The summed E-state index contributed by atoms with van der Waals surface area (Å²) in [7, 11) is 6.58. The van der Waals surface area contributed by atoms with Gasteiger partial charge in [-0.25, -0.2) is 0 Å². The number of methoxy groups -OCH3 is 4. The normalized spacial score (nSPS) is 15.4. The number of ether oxygens (including phenoxy) is 4. The molecule has 0 spiro atoms. The molecule has 0 aromatic heterocycles. The van der Waals surface area contributed by atoms with Crippen LogP contribution in [-0.4, -0.2) is 34.2 Å². The summed E-state index contributed by atoms with van der Waals surface area (Å²) < 4.78 is 21.9. The third-order valence-electron chi connectivity index (χ3n) is 5.70. The number of hydrogen-bond donors (Lipinski definition) is 0. The third-order valence-corrected chi connectivity index (χ3v) is 5.94. The average molecular weight is 479 g/mol. The van der Waals surface area contributed by atoms with Gasteiger partial charge in [-0.2, -0.15) is 5.10 Å². The monoisotopic (exact) mass is 478 g/mol. The van der Waals surface area contributed by atoms with Crippen LogP contribution in [0.25, 0.3) is 6.08 Å². The van der Waals surface area contributed by atoms with Crippen LogP contribution in [0.4, 0.5) is 5.69 Å². The zero-order chi connectivity index (χ0) is 24.1. The van der Waals surface area contributed by atoms with Gasteiger partial charge in [0.2, 0.25) is 0 Å². The zero-order valence-electron chi connectivity index (χ0n) is 19.6. The van der Waals surface area contributed by atoms with Crippen LogP contribution in [0.2, 0.25) is 5.02 Å². The molecule has 1 aliphatic heterocycles. The number of rotatable bonds is 8. The minimum atomic E-state index is -0.0725. The molecule has 1 heterocycles. The number of allylic oxidation sites excluding steroid dienone is 1. The Kier molecular flexibility index (Phi) is 7.28. The van der Waals surface area contributed by atoms with Gasteiger partial charge in [-0.05, 0) is 54.6 Å². The van der Waals surface area contributed by atoms with Crippen LogP contribution in [0, 0.1) is 0 Å². The lowest BCUT2D eigenvalue weighted by Gasteiger charge is -2.25. The fourth-order valence-corrected chi connectivity index (χ4v) is 4.15. The van der Waals surface area contributed by atoms with Crippen molar-refractivity contribution in [2.45, 2.75) is 12.5 Å². The molecule has 0 bridgehead atoms. The second-order valence-electron chi connectivity index (χ2n) is 7.68. The lowest BCUT2D eigenvalue weighted by atomic mass is 9.99. The van der Waals surface area contributed by atoms with Crippen molar-refractivity contribution in [3.05, 3.63) is 82.9 Å². The van der Waals surface area contributed by atoms with E-state index in [1.165, 1.54) is 0 Å². The molecular formula is C27H27ClN2O4. The van der Waals surface area contributed by atoms with Gasteiger partial charge >= 0.3 is 0 Å². The Balaban J connectivity index is 1.70. The maximum Gasteiger partial charge on any atom is 0.129 e. The Hall–Kier alpha value is -3.64. The van der Waals surface area contributed by atoms with Crippen molar-refractivity contribution in [3.63, 3.8) is 0 Å². The molecule has 0 unspecified atom stereocenters. The van der Waals surface area contributed by atoms with Crippen LogP contribution in [0.1, 0.15) is 23.6 Å². The van der Waals surface area contributed by atoms with E-state index < -0.39 is 0 Å². The largest absolute Gasteiger partial charge is 0.497 e. The molecule has 0 saturated carbocycles. The van der Waals surface area contributed by atoms with Gasteiger partial charge in [0, 0.05) is 34.7 Å². The molecule has 0 saturated heterocycles. The molecule has 34 heavy (non-hydrogen) atoms. The number of anilines is 1. The van der Waals surface area contributed by atoms with Gasteiger partial charge in [0.15, 0.2) is 0 Å². The topological polar surface area (TPSA) is 52.5 Å². The SMILES string of the molecule is COc1ccc(/C=C\C2=NN(c3cccc(Cl)c3)[C@H](c3ccc(OC)cc3OC)C2)c(OC)c1. The lowest BCUT2D eigenvalue weighted by Crippen LogP contribution is -2.19. The second-order valence-corrected chi connectivity index (χ2v) is 8.12. The maximum atomic E-state index is 6.30. The highest BCUT2D eigenvalue weighted by atomic mass is 35.5. The van der Waals surface area contributed by atoms with E-state index in [-0.39, 0.29) is 6.04 Å². The molecule has 6 nitrogen and oxygen atoms in total. The van der Waals surface area contributed by atoms with Crippen molar-refractivity contribution in [2.75, 3.05) is 33.4 Å². The number of benzene rings is 3. The van der Waals surface area contributed by atoms with Gasteiger partial charge in [-0.3, -0.25) is 5.01 Å². The molecule has 3 aromatic carbocycles. The molecule has 3 aromatic rings. The van der Waals surface area contributed by atoms with Crippen molar-refractivity contribution in [3.8, 4) is 23.0 Å². The fourth-order valence-electron chi connectivity index (χ4n) is 3.97. The number of hydrogen-bond acceptors (Lipinski definition) is 6. The molecule has 0 radical (unpaired) electrons. The Morgan fingerprint density at radius 2 is 1.53 bits per heavy atom. The van der Waals surface area contributed by atoms with E-state index in [4.69, 9.17) is 35.6 Å². The fraction of sp³-hybridized carbons (Fsp3) is 0.222. The van der Waals surface area contributed by atoms with Crippen molar-refractivity contribution >= 4 is 29.1 Å². The molecule has 1 atom stereocenters. The van der Waals surface area contributed by atoms with Gasteiger partial charge in [0.25, 0.3) is 0 Å². The maximum absolute atomic E-state index is 6.30. The first-order chi connectivity index (χ1) is 16.6. The van der Waals surface area contributed by atoms with Crippen molar-refractivity contribution in [2.24, 2.45) is 5.10 Å². The Morgan fingerprint density at radius 1 is 0.824 bits per heavy atom. The summed E-state index contributed by atoms with van der Waals surface area (Å²) in [5.74, 6) is 2.95. The van der Waals surface area contributed by atoms with Crippen molar-refractivity contribution in [1.82, 2.24) is 0 Å². The molecule has 0 N–H and O–H groups in total. The summed E-state index contributed by atoms with van der Waals surface area (Å²) in [6, 6.07) is 19.2. The van der Waals surface area contributed by atoms with E-state index in [0.717, 1.165) is 45.5 Å². The predicted molar refractivity (Wildman–Crippen MR) is 137 cm³/mol. The first-order valence-electron chi connectivity index (χ1n) is 10.8. The molecule has 176 valence electrons. The summed E-state index contributed by atoms with van der Waals surface area (Å²) in [6.45, 7) is 0. The van der Waals surface area contributed by atoms with Gasteiger partial charge in [-0.1, -0.05) is 17.7 Å². The van der Waals surface area contributed by atoms with Gasteiger partial charge in [-0.15, -0.1) is 0 Å². The summed E-state index contributed by atoms with van der Waals surface area (Å²) >= 11 is 6.30. The molecule has 4 rings (SSSR count). The van der Waals surface area contributed by atoms with Gasteiger partial charge < -0.3 is 18.9 Å². The van der Waals surface area contributed by atoms with E-state index >= 15 is 0 Å². The quantitative estimate of drug-likeness (QED) is 0.375. The first-order valence-corrected chi connectivity index (χ1v) is 11.2. The molecule has 0 aliphatic carbocycles. The first kappa shape index (κ1) is 23.5. The minimum absolute atomic E-state index is 0.0725. The summed E-state index contributed by atoms with van der Waals surface area (Å²) in [4.78, 5) is 0. The molecule has 7 heteroatoms. The van der Waals surface area contributed by atoms with Gasteiger partial charge in [0.1, 0.15) is 23.0 Å². The molecular weight excluding hydrogens is 452 g/mol. The predicted octanol–water partition coefficient (Wildman–Crippen LogP) is 6.40. The van der Waals surface area contributed by atoms with Crippen LogP contribution >= 0.6 is 11.6 Å². The highest BCUT2D eigenvalue weighted by Gasteiger charge is 2.31. The Labute approximate surface area is 205 Å². The Morgan fingerprint density at radius 3 is 2.21 bits per heavy atom. The van der Waals surface area contributed by atoms with Crippen LogP contribution in [0.3, 0.4) is 0 Å². The highest BCUT2D eigenvalue weighted by Crippen LogP contribution is 2.41. The molecule has 1 aliphatic rings. The van der Waals surface area contributed by atoms with E-state index in [1.54, 1.807) is 28.4 Å². The van der Waals surface area contributed by atoms with E-state index in [0.29, 0.717) is 11.4 Å². The van der Waals surface area contributed by atoms with Crippen LogP contribution < -0.4 is 24.0 Å². The van der Waals surface area contributed by atoms with E-state index in [2.05, 4.69) is 0 Å². The number of halogens is 1. The Bertz CT molecular complexity index is 1230. The zero-order valence-corrected chi connectivity index (χ0v) is 20.4. The minimum Gasteiger partial charge on any atom is -0.497 e. The highest BCUT2D eigenvalue weighted by molar-refractivity contribution is 6.30. The lowest BCUT2D eigenvalue weighted by molar-refractivity contribution is 0.388. The number of hydrazone groups is 1. The second kappa shape index (κ2) is 10.5. The van der Waals surface area contributed by atoms with Crippen LogP contribution in [0.15, 0.2) is 71.8 Å². The third kappa shape index (κ3) is 4.97. The van der Waals surface area contributed by atoms with Crippen molar-refractivity contribution < 1.29 is 18.9 Å². The van der Waals surface area contributed by atoms with Crippen molar-refractivity contribution in [1.29, 1.82) is 0 Å². The summed E-state index contributed by atoms with van der Waals surface area (Å²) in [6.07, 6.45) is 4.70. The van der Waals surface area contributed by atoms with Crippen LogP contribution in [-0.2, 0) is 0 Å².